The molecule has 0 aliphatic carbocycles. The number of benzene rings is 1. The zero-order valence-electron chi connectivity index (χ0n) is 16.8. The highest BCUT2D eigenvalue weighted by Crippen LogP contribution is 2.28. The zero-order chi connectivity index (χ0) is 21.2. The third-order valence-electron chi connectivity index (χ3n) is 4.94. The number of rotatable bonds is 6. The minimum absolute atomic E-state index is 0.0988. The lowest BCUT2D eigenvalue weighted by Gasteiger charge is -2.10. The van der Waals surface area contributed by atoms with E-state index in [1.807, 2.05) is 13.8 Å². The summed E-state index contributed by atoms with van der Waals surface area (Å²) in [6.07, 6.45) is 2.08. The van der Waals surface area contributed by atoms with Crippen molar-refractivity contribution < 1.29 is 22.7 Å². The smallest absolute Gasteiger partial charge is 0.271 e. The molecular formula is C19H24N4O5S. The molecule has 1 N–H and O–H groups in total. The van der Waals surface area contributed by atoms with Crippen LogP contribution in [0.5, 0.6) is 11.5 Å². The molecule has 1 atom stereocenters. The Morgan fingerprint density at radius 1 is 1.28 bits per heavy atom. The van der Waals surface area contributed by atoms with Gasteiger partial charge in [0.25, 0.3) is 5.91 Å². The number of amides is 1. The van der Waals surface area contributed by atoms with E-state index in [4.69, 9.17) is 9.47 Å². The molecule has 1 aliphatic rings. The molecule has 0 radical (unpaired) electrons. The minimum Gasteiger partial charge on any atom is -0.493 e. The summed E-state index contributed by atoms with van der Waals surface area (Å²) in [5, 5.41) is 8.51. The van der Waals surface area contributed by atoms with Gasteiger partial charge in [0.05, 0.1) is 43.7 Å². The van der Waals surface area contributed by atoms with Crippen molar-refractivity contribution in [1.29, 1.82) is 0 Å². The summed E-state index contributed by atoms with van der Waals surface area (Å²) in [5.74, 6) is 0.859. The van der Waals surface area contributed by atoms with Crippen molar-refractivity contribution in [1.82, 2.24) is 15.2 Å². The standard InChI is InChI=1S/C19H24N4O5S/c1-12-16(13(2)23(22-12)15-7-8-29(25,26)11-15)10-20-21-19(24)14-5-6-17(27-3)18(9-14)28-4/h5-6,9-10,15H,7-8,11H2,1-4H3,(H,21,24)/b20-10-/t15-/m1/s1. The molecule has 29 heavy (non-hydrogen) atoms. The van der Waals surface area contributed by atoms with E-state index in [1.54, 1.807) is 22.9 Å². The van der Waals surface area contributed by atoms with Crippen molar-refractivity contribution in [3.63, 3.8) is 0 Å². The van der Waals surface area contributed by atoms with E-state index >= 15 is 0 Å². The average Bonchev–Trinajstić information content (AvgIpc) is 3.20. The first-order valence-electron chi connectivity index (χ1n) is 9.07. The number of carbonyl (C=O) groups excluding carboxylic acids is 1. The van der Waals surface area contributed by atoms with E-state index in [0.29, 0.717) is 23.5 Å². The number of hydrogen-bond donors (Lipinski definition) is 1. The second-order valence-electron chi connectivity index (χ2n) is 6.85. The molecule has 1 fully saturated rings. The molecule has 1 saturated heterocycles. The summed E-state index contributed by atoms with van der Waals surface area (Å²) in [6, 6.07) is 4.66. The molecule has 0 unspecified atom stereocenters. The van der Waals surface area contributed by atoms with Gasteiger partial charge < -0.3 is 9.47 Å². The van der Waals surface area contributed by atoms with Gasteiger partial charge in [-0.05, 0) is 38.5 Å². The fourth-order valence-electron chi connectivity index (χ4n) is 3.38. The van der Waals surface area contributed by atoms with Crippen molar-refractivity contribution in [2.75, 3.05) is 25.7 Å². The van der Waals surface area contributed by atoms with E-state index in [0.717, 1.165) is 17.0 Å². The van der Waals surface area contributed by atoms with Crippen molar-refractivity contribution in [2.45, 2.75) is 26.3 Å². The maximum absolute atomic E-state index is 12.3. The van der Waals surface area contributed by atoms with E-state index in [2.05, 4.69) is 15.6 Å². The van der Waals surface area contributed by atoms with Crippen LogP contribution in [0.25, 0.3) is 0 Å². The van der Waals surface area contributed by atoms with Crippen LogP contribution in [0.1, 0.15) is 39.8 Å². The normalized spacial score (nSPS) is 18.1. The first-order valence-corrected chi connectivity index (χ1v) is 10.9. The molecule has 1 aromatic carbocycles. The molecule has 3 rings (SSSR count). The van der Waals surface area contributed by atoms with Gasteiger partial charge in [0.2, 0.25) is 0 Å². The summed E-state index contributed by atoms with van der Waals surface area (Å²) in [7, 11) is 0.0138. The number of carbonyl (C=O) groups is 1. The Balaban J connectivity index is 1.73. The molecule has 1 aromatic heterocycles. The molecule has 1 aliphatic heterocycles. The summed E-state index contributed by atoms with van der Waals surface area (Å²) < 4.78 is 35.6. The first kappa shape index (κ1) is 20.8. The van der Waals surface area contributed by atoms with Gasteiger partial charge in [0.15, 0.2) is 21.3 Å². The number of nitrogens with zero attached hydrogens (tertiary/aromatic N) is 3. The molecular weight excluding hydrogens is 396 g/mol. The van der Waals surface area contributed by atoms with Crippen molar-refractivity contribution in [3.8, 4) is 11.5 Å². The van der Waals surface area contributed by atoms with Crippen LogP contribution < -0.4 is 14.9 Å². The van der Waals surface area contributed by atoms with Crippen LogP contribution in [0, 0.1) is 13.8 Å². The predicted octanol–water partition coefficient (Wildman–Crippen LogP) is 1.64. The monoisotopic (exact) mass is 420 g/mol. The van der Waals surface area contributed by atoms with Crippen LogP contribution in [0.3, 0.4) is 0 Å². The molecule has 0 saturated carbocycles. The summed E-state index contributed by atoms with van der Waals surface area (Å²) in [4.78, 5) is 12.3. The molecule has 0 spiro atoms. The first-order chi connectivity index (χ1) is 13.8. The SMILES string of the molecule is COc1ccc(C(=O)N/N=C\c2c(C)nn([C@@H]3CCS(=O)(=O)C3)c2C)cc1OC. The lowest BCUT2D eigenvalue weighted by molar-refractivity contribution is 0.0954. The fourth-order valence-corrected chi connectivity index (χ4v) is 5.08. The van der Waals surface area contributed by atoms with Crippen LogP contribution in [0.15, 0.2) is 23.3 Å². The highest BCUT2D eigenvalue weighted by atomic mass is 32.2. The largest absolute Gasteiger partial charge is 0.493 e. The Morgan fingerprint density at radius 2 is 2.00 bits per heavy atom. The summed E-state index contributed by atoms with van der Waals surface area (Å²) in [6.45, 7) is 3.69. The Hall–Kier alpha value is -2.88. The fraction of sp³-hybridized carbons (Fsp3) is 0.421. The zero-order valence-corrected chi connectivity index (χ0v) is 17.6. The van der Waals surface area contributed by atoms with Crippen molar-refractivity contribution in [3.05, 3.63) is 40.7 Å². The van der Waals surface area contributed by atoms with Gasteiger partial charge in [-0.3, -0.25) is 9.48 Å². The number of methoxy groups -OCH3 is 2. The van der Waals surface area contributed by atoms with E-state index in [9.17, 15) is 13.2 Å². The number of hydrazone groups is 1. The summed E-state index contributed by atoms with van der Waals surface area (Å²) in [5.41, 5.74) is 5.14. The number of aromatic nitrogens is 2. The van der Waals surface area contributed by atoms with E-state index < -0.39 is 15.7 Å². The van der Waals surface area contributed by atoms with Gasteiger partial charge in [0.1, 0.15) is 0 Å². The number of aryl methyl sites for hydroxylation is 1. The molecule has 1 amide bonds. The summed E-state index contributed by atoms with van der Waals surface area (Å²) >= 11 is 0. The number of ether oxygens (including phenoxy) is 2. The maximum Gasteiger partial charge on any atom is 0.271 e. The van der Waals surface area contributed by atoms with Gasteiger partial charge in [0, 0.05) is 16.8 Å². The van der Waals surface area contributed by atoms with Crippen LogP contribution in [-0.2, 0) is 9.84 Å². The maximum atomic E-state index is 12.3. The lowest BCUT2D eigenvalue weighted by atomic mass is 10.2. The highest BCUT2D eigenvalue weighted by molar-refractivity contribution is 7.91. The Morgan fingerprint density at radius 3 is 2.62 bits per heavy atom. The molecule has 10 heteroatoms. The van der Waals surface area contributed by atoms with Crippen LogP contribution in [-0.4, -0.2) is 56.0 Å². The Labute approximate surface area is 169 Å². The second kappa shape index (κ2) is 8.24. The third-order valence-corrected chi connectivity index (χ3v) is 6.69. The van der Waals surface area contributed by atoms with Crippen LogP contribution in [0.4, 0.5) is 0 Å². The third kappa shape index (κ3) is 4.42. The number of nitrogens with one attached hydrogen (secondary N) is 1. The van der Waals surface area contributed by atoms with Gasteiger partial charge in [-0.1, -0.05) is 0 Å². The molecule has 156 valence electrons. The molecule has 2 aromatic rings. The van der Waals surface area contributed by atoms with E-state index in [1.165, 1.54) is 20.4 Å². The van der Waals surface area contributed by atoms with Crippen LogP contribution in [0.2, 0.25) is 0 Å². The van der Waals surface area contributed by atoms with Crippen molar-refractivity contribution >= 4 is 22.0 Å². The van der Waals surface area contributed by atoms with E-state index in [-0.39, 0.29) is 17.5 Å². The van der Waals surface area contributed by atoms with Gasteiger partial charge in [-0.25, -0.2) is 13.8 Å². The predicted molar refractivity (Wildman–Crippen MR) is 109 cm³/mol. The number of sulfone groups is 1. The second-order valence-corrected chi connectivity index (χ2v) is 9.08. The van der Waals surface area contributed by atoms with Crippen LogP contribution >= 0.6 is 0 Å². The molecule has 0 bridgehead atoms. The topological polar surface area (TPSA) is 112 Å². The Kier molecular flexibility index (Phi) is 5.92. The van der Waals surface area contributed by atoms with Crippen molar-refractivity contribution in [2.24, 2.45) is 5.10 Å². The average molecular weight is 420 g/mol. The quantitative estimate of drug-likeness (QED) is 0.562. The molecule has 9 nitrogen and oxygen atoms in total. The molecule has 2 heterocycles. The highest BCUT2D eigenvalue weighted by Gasteiger charge is 2.31. The van der Waals surface area contributed by atoms with Gasteiger partial charge >= 0.3 is 0 Å². The van der Waals surface area contributed by atoms with Gasteiger partial charge in [-0.15, -0.1) is 0 Å². The van der Waals surface area contributed by atoms with Gasteiger partial charge in [-0.2, -0.15) is 10.2 Å². The number of hydrogen-bond acceptors (Lipinski definition) is 7. The minimum atomic E-state index is -3.00. The lowest BCUT2D eigenvalue weighted by Crippen LogP contribution is -2.18. The Bertz CT molecular complexity index is 1060.